The van der Waals surface area contributed by atoms with Gasteiger partial charge in [-0.15, -0.1) is 0 Å². The van der Waals surface area contributed by atoms with Gasteiger partial charge in [-0.05, 0) is 0 Å². The van der Waals surface area contributed by atoms with Crippen LogP contribution in [0, 0.1) is 23.2 Å². The summed E-state index contributed by atoms with van der Waals surface area (Å²) in [4.78, 5) is 2.18. The molecule has 0 radical (unpaired) electrons. The Morgan fingerprint density at radius 2 is 1.73 bits per heavy atom. The fourth-order valence-corrected chi connectivity index (χ4v) is 12.3. The minimum atomic E-state index is -2.85. The third-order valence-electron chi connectivity index (χ3n) is 5.55. The van der Waals surface area contributed by atoms with Crippen LogP contribution in [-0.2, 0) is 0 Å². The van der Waals surface area contributed by atoms with Gasteiger partial charge in [-0.2, -0.15) is 0 Å². The van der Waals surface area contributed by atoms with Crippen LogP contribution in [-0.4, -0.2) is 16.1 Å². The molecule has 0 aromatic heterocycles. The predicted octanol–water partition coefficient (Wildman–Crippen LogP) is 5.00. The summed E-state index contributed by atoms with van der Waals surface area (Å²) in [6.07, 6.45) is 2.64. The standard InChI is InChI=1S/C11H19.CH3.2ClH.Sn/c1-7-5-8(2)10-6-9(7)11(10,3)4;;;;/h7,9-10H,5-6H2,1-4H3;1H3;2*1H;/q;;;;+2/p-2/t7-,9+,10-;;;;/m1..../s1. The Balaban J connectivity index is 2.36. The number of hydrogen-bond donors (Lipinski definition) is 0. The van der Waals surface area contributed by atoms with E-state index in [1.165, 1.54) is 12.8 Å². The molecule has 4 atom stereocenters. The second-order valence-electron chi connectivity index (χ2n) is 6.70. The van der Waals surface area contributed by atoms with Crippen LogP contribution in [0.2, 0.25) is 8.37 Å². The minimum absolute atomic E-state index is 0.287. The van der Waals surface area contributed by atoms with Crippen LogP contribution in [0.4, 0.5) is 0 Å². The zero-order valence-electron chi connectivity index (χ0n) is 10.4. The van der Waals surface area contributed by atoms with E-state index in [0.717, 1.165) is 17.8 Å². The molecular formula is C12H22Cl2Sn. The van der Waals surface area contributed by atoms with Crippen LogP contribution >= 0.6 is 17.8 Å². The number of rotatable bonds is 1. The third-order valence-corrected chi connectivity index (χ3v) is 18.6. The van der Waals surface area contributed by atoms with Gasteiger partial charge in [-0.1, -0.05) is 0 Å². The maximum atomic E-state index is 6.64. The van der Waals surface area contributed by atoms with E-state index < -0.39 is 16.1 Å². The van der Waals surface area contributed by atoms with Gasteiger partial charge in [0.05, 0.1) is 0 Å². The van der Waals surface area contributed by atoms with E-state index in [0.29, 0.717) is 5.41 Å². The molecule has 0 nitrogen and oxygen atoms in total. The zero-order valence-corrected chi connectivity index (χ0v) is 14.8. The van der Waals surface area contributed by atoms with Gasteiger partial charge in [-0.3, -0.25) is 0 Å². The Morgan fingerprint density at radius 3 is 2.07 bits per heavy atom. The molecule has 2 bridgehead atoms. The SMILES string of the molecule is C[C@@H]1C[C@@](C)([Sn]([CH3])([Cl])[Cl])[C@H]2C[C@@H]1C2(C)C. The molecule has 0 amide bonds. The van der Waals surface area contributed by atoms with E-state index in [-0.39, 0.29) is 3.43 Å². The van der Waals surface area contributed by atoms with Crippen LogP contribution in [0.25, 0.3) is 0 Å². The van der Waals surface area contributed by atoms with Crippen molar-refractivity contribution in [1.29, 1.82) is 0 Å². The second-order valence-corrected chi connectivity index (χ2v) is 26.5. The van der Waals surface area contributed by atoms with Crippen molar-refractivity contribution >= 4 is 34.0 Å². The van der Waals surface area contributed by atoms with E-state index >= 15 is 0 Å². The Kier molecular flexibility index (Phi) is 2.95. The molecule has 3 rings (SSSR count). The fourth-order valence-electron chi connectivity index (χ4n) is 4.44. The van der Waals surface area contributed by atoms with Crippen LogP contribution < -0.4 is 0 Å². The second kappa shape index (κ2) is 3.45. The molecule has 0 aliphatic heterocycles. The van der Waals surface area contributed by atoms with E-state index in [9.17, 15) is 0 Å². The maximum absolute atomic E-state index is 6.64. The molecule has 3 aliphatic rings. The van der Waals surface area contributed by atoms with Crippen LogP contribution in [0.15, 0.2) is 0 Å². The first-order valence-corrected chi connectivity index (χ1v) is 17.5. The summed E-state index contributed by atoms with van der Waals surface area (Å²) >= 11 is -2.85. The molecule has 0 heterocycles. The van der Waals surface area contributed by atoms with Crippen molar-refractivity contribution < 1.29 is 0 Å². The van der Waals surface area contributed by atoms with Crippen molar-refractivity contribution in [2.24, 2.45) is 23.2 Å². The van der Waals surface area contributed by atoms with Gasteiger partial charge in [0, 0.05) is 0 Å². The molecule has 3 saturated carbocycles. The summed E-state index contributed by atoms with van der Waals surface area (Å²) < 4.78 is 0.287. The Labute approximate surface area is 105 Å². The van der Waals surface area contributed by atoms with Gasteiger partial charge in [0.1, 0.15) is 0 Å². The Bertz CT molecular complexity index is 282. The Morgan fingerprint density at radius 1 is 1.20 bits per heavy atom. The van der Waals surface area contributed by atoms with Crippen molar-refractivity contribution in [3.63, 3.8) is 0 Å². The van der Waals surface area contributed by atoms with Gasteiger partial charge in [0.25, 0.3) is 0 Å². The van der Waals surface area contributed by atoms with Gasteiger partial charge >= 0.3 is 106 Å². The van der Waals surface area contributed by atoms with Crippen LogP contribution in [0.3, 0.4) is 0 Å². The average molecular weight is 356 g/mol. The molecule has 3 aliphatic carbocycles. The average Bonchev–Trinajstić information content (AvgIpc) is 1.99. The molecule has 0 aromatic carbocycles. The third kappa shape index (κ3) is 1.61. The van der Waals surface area contributed by atoms with E-state index in [1.807, 2.05) is 0 Å². The van der Waals surface area contributed by atoms with E-state index in [2.05, 4.69) is 32.6 Å². The van der Waals surface area contributed by atoms with Gasteiger partial charge in [0.2, 0.25) is 0 Å². The summed E-state index contributed by atoms with van der Waals surface area (Å²) in [5.74, 6) is 2.50. The molecule has 15 heavy (non-hydrogen) atoms. The number of hydrogen-bond acceptors (Lipinski definition) is 0. The topological polar surface area (TPSA) is 0 Å². The summed E-state index contributed by atoms with van der Waals surface area (Å²) in [7, 11) is 13.3. The first-order chi connectivity index (χ1) is 6.61. The molecule has 0 aromatic rings. The summed E-state index contributed by atoms with van der Waals surface area (Å²) in [6.45, 7) is 9.61. The molecule has 88 valence electrons. The number of halogens is 2. The van der Waals surface area contributed by atoms with Gasteiger partial charge < -0.3 is 0 Å². The first kappa shape index (κ1) is 12.8. The van der Waals surface area contributed by atoms with Crippen molar-refractivity contribution in [2.75, 3.05) is 0 Å². The molecule has 0 N–H and O–H groups in total. The van der Waals surface area contributed by atoms with Crippen molar-refractivity contribution in [2.45, 2.75) is 48.9 Å². The summed E-state index contributed by atoms with van der Waals surface area (Å²) in [5.41, 5.74) is 0.481. The number of fused-ring (bicyclic) bond motifs is 2. The van der Waals surface area contributed by atoms with Crippen LogP contribution in [0.1, 0.15) is 40.5 Å². The summed E-state index contributed by atoms with van der Waals surface area (Å²) in [6, 6.07) is 0. The summed E-state index contributed by atoms with van der Waals surface area (Å²) in [5, 5.41) is 0. The molecular weight excluding hydrogens is 334 g/mol. The van der Waals surface area contributed by atoms with Crippen LogP contribution in [0.5, 0.6) is 0 Å². The van der Waals surface area contributed by atoms with Gasteiger partial charge in [0.15, 0.2) is 0 Å². The van der Waals surface area contributed by atoms with E-state index in [1.54, 1.807) is 0 Å². The van der Waals surface area contributed by atoms with Gasteiger partial charge in [-0.25, -0.2) is 0 Å². The fraction of sp³-hybridized carbons (Fsp3) is 1.00. The van der Waals surface area contributed by atoms with Crippen molar-refractivity contribution in [3.8, 4) is 0 Å². The molecule has 3 fully saturated rings. The Hall–Kier alpha value is 1.38. The van der Waals surface area contributed by atoms with Crippen molar-refractivity contribution in [1.82, 2.24) is 0 Å². The first-order valence-electron chi connectivity index (χ1n) is 5.98. The normalized spacial score (nSPS) is 48.6. The molecule has 0 saturated heterocycles. The quantitative estimate of drug-likeness (QED) is 0.581. The monoisotopic (exact) mass is 356 g/mol. The predicted molar refractivity (Wildman–Crippen MR) is 70.9 cm³/mol. The zero-order chi connectivity index (χ0) is 11.6. The molecule has 0 spiro atoms. The molecule has 0 unspecified atom stereocenters. The van der Waals surface area contributed by atoms with Crippen molar-refractivity contribution in [3.05, 3.63) is 0 Å². The van der Waals surface area contributed by atoms with E-state index in [4.69, 9.17) is 17.8 Å². The molecule has 3 heteroatoms.